The molecule has 2 aliphatic rings. The van der Waals surface area contributed by atoms with Crippen LogP contribution in [0.1, 0.15) is 40.5 Å². The second-order valence-electron chi connectivity index (χ2n) is 10.8. The summed E-state index contributed by atoms with van der Waals surface area (Å²) >= 11 is 0. The number of fused-ring (bicyclic) bond motifs is 1. The van der Waals surface area contributed by atoms with Crippen LogP contribution in [0.3, 0.4) is 0 Å². The van der Waals surface area contributed by atoms with Crippen LogP contribution in [0.15, 0.2) is 67.6 Å². The number of piperidine rings is 1. The second kappa shape index (κ2) is 10.8. The van der Waals surface area contributed by atoms with Crippen LogP contribution in [0.5, 0.6) is 0 Å². The number of amides is 2. The van der Waals surface area contributed by atoms with Crippen molar-refractivity contribution in [3.05, 3.63) is 84.6 Å². The van der Waals surface area contributed by atoms with Gasteiger partial charge >= 0.3 is 6.18 Å². The van der Waals surface area contributed by atoms with Gasteiger partial charge < -0.3 is 20.7 Å². The van der Waals surface area contributed by atoms with E-state index in [1.807, 2.05) is 9.30 Å². The Morgan fingerprint density at radius 3 is 2.58 bits per heavy atom. The molecule has 2 aliphatic heterocycles. The number of hydrogen-bond donors (Lipinski definition) is 2. The van der Waals surface area contributed by atoms with Crippen LogP contribution in [0.4, 0.5) is 24.8 Å². The molecule has 4 aromatic rings. The van der Waals surface area contributed by atoms with Gasteiger partial charge in [0, 0.05) is 48.7 Å². The highest BCUT2D eigenvalue weighted by molar-refractivity contribution is 6.04. The fraction of sp³-hybridized carbons (Fsp3) is 0.300. The van der Waals surface area contributed by atoms with E-state index in [9.17, 15) is 22.8 Å². The zero-order valence-electron chi connectivity index (χ0n) is 23.0. The summed E-state index contributed by atoms with van der Waals surface area (Å²) in [6.07, 6.45) is 3.12. The molecule has 1 unspecified atom stereocenters. The molecule has 1 aromatic carbocycles. The molecular weight excluding hydrogens is 563 g/mol. The number of aromatic nitrogens is 4. The Labute approximate surface area is 244 Å². The highest BCUT2D eigenvalue weighted by atomic mass is 19.4. The lowest BCUT2D eigenvalue weighted by molar-refractivity contribution is -0.163. The summed E-state index contributed by atoms with van der Waals surface area (Å²) in [4.78, 5) is 41.0. The number of halogens is 3. The van der Waals surface area contributed by atoms with E-state index in [1.54, 1.807) is 42.7 Å². The first-order chi connectivity index (χ1) is 20.6. The Balaban J connectivity index is 1.26. The molecule has 3 aromatic heterocycles. The number of alkyl halides is 3. The van der Waals surface area contributed by atoms with Crippen molar-refractivity contribution < 1.29 is 27.5 Å². The number of imidazole rings is 1. The fourth-order valence-electron chi connectivity index (χ4n) is 5.56. The summed E-state index contributed by atoms with van der Waals surface area (Å²) < 4.78 is 46.3. The van der Waals surface area contributed by atoms with E-state index in [2.05, 4.69) is 21.9 Å². The Bertz CT molecular complexity index is 1710. The van der Waals surface area contributed by atoms with E-state index in [0.29, 0.717) is 43.1 Å². The molecule has 10 nitrogen and oxygen atoms in total. The average molecular weight is 592 g/mol. The van der Waals surface area contributed by atoms with E-state index in [4.69, 9.17) is 15.5 Å². The zero-order chi connectivity index (χ0) is 30.4. The first-order valence-corrected chi connectivity index (χ1v) is 13.7. The van der Waals surface area contributed by atoms with Crippen molar-refractivity contribution in [1.29, 1.82) is 0 Å². The fourth-order valence-corrected chi connectivity index (χ4v) is 5.56. The van der Waals surface area contributed by atoms with Gasteiger partial charge in [-0.1, -0.05) is 18.2 Å². The van der Waals surface area contributed by atoms with Crippen LogP contribution in [0.2, 0.25) is 0 Å². The highest BCUT2D eigenvalue weighted by Gasteiger charge is 2.46. The molecule has 3 N–H and O–H groups in total. The number of carbonyl (C=O) groups excluding carboxylic acids is 2. The normalized spacial score (nSPS) is 18.2. The summed E-state index contributed by atoms with van der Waals surface area (Å²) in [5.41, 5.74) is 6.76. The number of carbonyl (C=O) groups is 2. The van der Waals surface area contributed by atoms with Crippen LogP contribution >= 0.6 is 0 Å². The zero-order valence-corrected chi connectivity index (χ0v) is 23.0. The molecule has 43 heavy (non-hydrogen) atoms. The first-order valence-electron chi connectivity index (χ1n) is 13.7. The predicted molar refractivity (Wildman–Crippen MR) is 152 cm³/mol. The lowest BCUT2D eigenvalue weighted by Crippen LogP contribution is -2.55. The third-order valence-electron chi connectivity index (χ3n) is 7.97. The molecule has 0 saturated carbocycles. The van der Waals surface area contributed by atoms with Crippen LogP contribution in [-0.2, 0) is 15.7 Å². The number of benzene rings is 1. The maximum absolute atomic E-state index is 13.3. The molecule has 0 spiro atoms. The number of ether oxygens (including phenoxy) is 1. The van der Waals surface area contributed by atoms with Gasteiger partial charge in [-0.2, -0.15) is 13.2 Å². The van der Waals surface area contributed by atoms with E-state index in [1.165, 1.54) is 0 Å². The van der Waals surface area contributed by atoms with Crippen molar-refractivity contribution in [2.75, 3.05) is 37.4 Å². The number of nitrogens with one attached hydrogen (secondary N) is 1. The molecule has 0 aliphatic carbocycles. The van der Waals surface area contributed by atoms with Gasteiger partial charge in [-0.25, -0.2) is 15.0 Å². The van der Waals surface area contributed by atoms with Gasteiger partial charge in [0.2, 0.25) is 5.91 Å². The van der Waals surface area contributed by atoms with Crippen LogP contribution in [0, 0.1) is 5.41 Å². The van der Waals surface area contributed by atoms with E-state index in [0.717, 1.165) is 37.0 Å². The van der Waals surface area contributed by atoms with Crippen molar-refractivity contribution in [1.82, 2.24) is 24.3 Å². The number of hydrogen-bond acceptors (Lipinski definition) is 7. The molecule has 2 fully saturated rings. The smallest absolute Gasteiger partial charge is 0.382 e. The van der Waals surface area contributed by atoms with E-state index in [-0.39, 0.29) is 29.0 Å². The van der Waals surface area contributed by atoms with Gasteiger partial charge in [0.05, 0.1) is 18.8 Å². The van der Waals surface area contributed by atoms with Crippen molar-refractivity contribution in [2.24, 2.45) is 5.41 Å². The van der Waals surface area contributed by atoms with Crippen LogP contribution in [0.25, 0.3) is 16.8 Å². The summed E-state index contributed by atoms with van der Waals surface area (Å²) in [5.74, 6) is 0.136. The van der Waals surface area contributed by atoms with Crippen molar-refractivity contribution in [3.8, 4) is 11.3 Å². The van der Waals surface area contributed by atoms with Gasteiger partial charge in [0.1, 0.15) is 34.1 Å². The van der Waals surface area contributed by atoms with Crippen LogP contribution in [-0.4, -0.2) is 62.4 Å². The number of pyridine rings is 1. The summed E-state index contributed by atoms with van der Waals surface area (Å²) in [7, 11) is 0. The lowest BCUT2D eigenvalue weighted by atomic mass is 9.83. The quantitative estimate of drug-likeness (QED) is 0.315. The molecule has 13 heteroatoms. The highest BCUT2D eigenvalue weighted by Crippen LogP contribution is 2.37. The standard InChI is InChI=1S/C30H28F3N7O3/c1-2-29(16-43-17-29)28(42)39-12-3-4-20(15-39)26-38-23(24-25(34)36-11-13-40(24)26)18-5-7-19(8-6-18)27(41)37-22-14-21(9-10-35-22)30(31,32)33/h2,5-11,13-14,20H,1,3-4,12,15-17H2,(H2,34,36)(H,35,37,41). The molecular formula is C30H28F3N7O3. The van der Waals surface area contributed by atoms with Gasteiger partial charge in [-0.15, -0.1) is 6.58 Å². The number of anilines is 2. The van der Waals surface area contributed by atoms with Crippen molar-refractivity contribution in [2.45, 2.75) is 24.9 Å². The first kappa shape index (κ1) is 28.3. The van der Waals surface area contributed by atoms with Crippen molar-refractivity contribution >= 4 is 29.0 Å². The maximum atomic E-state index is 13.3. The summed E-state index contributed by atoms with van der Waals surface area (Å²) in [6, 6.07) is 8.08. The Morgan fingerprint density at radius 2 is 1.91 bits per heavy atom. The molecule has 0 radical (unpaired) electrons. The van der Waals surface area contributed by atoms with E-state index < -0.39 is 23.1 Å². The van der Waals surface area contributed by atoms with Crippen molar-refractivity contribution in [3.63, 3.8) is 0 Å². The monoisotopic (exact) mass is 591 g/mol. The number of likely N-dealkylation sites (tertiary alicyclic amines) is 1. The average Bonchev–Trinajstić information content (AvgIpc) is 3.38. The Hall–Kier alpha value is -4.78. The second-order valence-corrected chi connectivity index (χ2v) is 10.8. The molecule has 2 amide bonds. The molecule has 5 heterocycles. The van der Waals surface area contributed by atoms with Gasteiger partial charge in [0.25, 0.3) is 5.91 Å². The van der Waals surface area contributed by atoms with E-state index >= 15 is 0 Å². The van der Waals surface area contributed by atoms with Gasteiger partial charge in [0.15, 0.2) is 0 Å². The third kappa shape index (κ3) is 5.20. The third-order valence-corrected chi connectivity index (χ3v) is 7.97. The molecule has 222 valence electrons. The van der Waals surface area contributed by atoms with Gasteiger partial charge in [-0.3, -0.25) is 14.0 Å². The minimum Gasteiger partial charge on any atom is -0.382 e. The number of nitrogen functional groups attached to an aromatic ring is 1. The number of nitrogens with two attached hydrogens (primary N) is 1. The minimum atomic E-state index is -4.56. The Morgan fingerprint density at radius 1 is 1.14 bits per heavy atom. The summed E-state index contributed by atoms with van der Waals surface area (Å²) in [6.45, 7) is 5.64. The predicted octanol–water partition coefficient (Wildman–Crippen LogP) is 4.55. The molecule has 1 atom stereocenters. The minimum absolute atomic E-state index is 0.00918. The molecule has 2 saturated heterocycles. The number of nitrogens with zero attached hydrogens (tertiary/aromatic N) is 5. The largest absolute Gasteiger partial charge is 0.416 e. The molecule has 6 rings (SSSR count). The van der Waals surface area contributed by atoms with Crippen LogP contribution < -0.4 is 11.1 Å². The lowest BCUT2D eigenvalue weighted by Gasteiger charge is -2.43. The topological polar surface area (TPSA) is 128 Å². The molecule has 0 bridgehead atoms. The van der Waals surface area contributed by atoms with Gasteiger partial charge in [-0.05, 0) is 37.1 Å². The SMILES string of the molecule is C=CC1(C(=O)N2CCCC(c3nc(-c4ccc(C(=O)Nc5cc(C(F)(F)F)ccn5)cc4)c4c(N)nccn34)C2)COC1. The summed E-state index contributed by atoms with van der Waals surface area (Å²) in [5, 5.41) is 2.41. The Kier molecular flexibility index (Phi) is 7.12. The maximum Gasteiger partial charge on any atom is 0.416 e. The number of rotatable bonds is 6.